The molecule has 0 fully saturated rings. The summed E-state index contributed by atoms with van der Waals surface area (Å²) in [5.74, 6) is 0. The highest BCUT2D eigenvalue weighted by atomic mass is 15.2. The van der Waals surface area contributed by atoms with Crippen LogP contribution in [0, 0.1) is 0 Å². The van der Waals surface area contributed by atoms with E-state index >= 15 is 0 Å². The number of nitrogens with zero attached hydrogens (tertiary/aromatic N) is 4. The summed E-state index contributed by atoms with van der Waals surface area (Å²) in [6.07, 6.45) is 0. The molecule has 0 amide bonds. The van der Waals surface area contributed by atoms with Crippen molar-refractivity contribution in [3.63, 3.8) is 0 Å². The zero-order valence-electron chi connectivity index (χ0n) is 81.2. The highest BCUT2D eigenvalue weighted by molar-refractivity contribution is 7.00. The van der Waals surface area contributed by atoms with Crippen LogP contribution in [0.1, 0.15) is 149 Å². The van der Waals surface area contributed by atoms with E-state index in [0.717, 1.165) is 117 Å². The van der Waals surface area contributed by atoms with Gasteiger partial charge in [0.25, 0.3) is 6.71 Å². The van der Waals surface area contributed by atoms with E-state index in [-0.39, 0.29) is 60.3 Å². The topological polar surface area (TPSA) is 14.7 Å². The van der Waals surface area contributed by atoms with E-state index in [1.54, 1.807) is 29.2 Å². The van der Waals surface area contributed by atoms with Gasteiger partial charge in [-0.3, -0.25) is 0 Å². The lowest BCUT2D eigenvalue weighted by atomic mass is 9.33. The molecule has 2 aliphatic rings. The van der Waals surface area contributed by atoms with Gasteiger partial charge in [0.15, 0.2) is 0 Å². The number of anilines is 9. The second-order valence-electron chi connectivity index (χ2n) is 36.2. The lowest BCUT2D eigenvalue weighted by molar-refractivity contribution is 0.568. The lowest BCUT2D eigenvalue weighted by Crippen LogP contribution is -2.61. The van der Waals surface area contributed by atoms with E-state index in [9.17, 15) is 11.0 Å². The van der Waals surface area contributed by atoms with Gasteiger partial charge in [-0.15, -0.1) is 0 Å². The van der Waals surface area contributed by atoms with Crippen LogP contribution in [0.5, 0.6) is 0 Å². The van der Waals surface area contributed by atoms with Crippen LogP contribution in [0.25, 0.3) is 94.3 Å². The third-order valence-electron chi connectivity index (χ3n) is 23.2. The maximum Gasteiger partial charge on any atom is 0.252 e. The maximum atomic E-state index is 10.1. The minimum Gasteiger partial charge on any atom is -0.311 e. The maximum absolute atomic E-state index is 10.1. The molecule has 115 heavy (non-hydrogen) atoms. The number of benzene rings is 15. The molecule has 0 saturated carbocycles. The summed E-state index contributed by atoms with van der Waals surface area (Å²) in [4.78, 5) is 6.68. The van der Waals surface area contributed by atoms with Crippen LogP contribution in [-0.2, 0) is 27.1 Å². The van der Waals surface area contributed by atoms with E-state index in [1.807, 2.05) is 18.2 Å². The molecule has 1 aromatic heterocycles. The zero-order chi connectivity index (χ0) is 90.9. The summed E-state index contributed by atoms with van der Waals surface area (Å²) in [5.41, 5.74) is 25.5. The third kappa shape index (κ3) is 13.7. The number of aromatic nitrogens is 1. The Labute approximate surface area is 700 Å². The van der Waals surface area contributed by atoms with Crippen LogP contribution in [0.2, 0.25) is 0 Å². The van der Waals surface area contributed by atoms with E-state index < -0.39 is 85.3 Å². The summed E-state index contributed by atoms with van der Waals surface area (Å²) >= 11 is 0. The van der Waals surface area contributed by atoms with Crippen molar-refractivity contribution in [1.82, 2.24) is 4.57 Å². The molecule has 5 heteroatoms. The Kier molecular flexibility index (Phi) is 14.8. The summed E-state index contributed by atoms with van der Waals surface area (Å²) in [6.45, 7) is 33.7. The summed E-state index contributed by atoms with van der Waals surface area (Å²) in [7, 11) is 0. The molecule has 0 bridgehead atoms. The van der Waals surface area contributed by atoms with E-state index in [1.165, 1.54) is 26.8 Å². The minimum atomic E-state index is -0.587. The molecule has 0 atom stereocenters. The van der Waals surface area contributed by atoms with Crippen molar-refractivity contribution < 1.29 is 17.8 Å². The molecule has 0 spiro atoms. The fraction of sp³-hybridized carbons (Fsp3) is 0.182. The van der Waals surface area contributed by atoms with Crippen molar-refractivity contribution in [3.05, 3.63) is 367 Å². The van der Waals surface area contributed by atoms with Crippen LogP contribution in [0.15, 0.2) is 339 Å². The molecular formula is C110H101BN4. The van der Waals surface area contributed by atoms with Gasteiger partial charge in [-0.2, -0.15) is 0 Å². The van der Waals surface area contributed by atoms with Crippen molar-refractivity contribution >= 4 is 96.1 Å². The van der Waals surface area contributed by atoms with Crippen LogP contribution < -0.4 is 31.1 Å². The molecule has 16 aromatic rings. The number of rotatable bonds is 12. The van der Waals surface area contributed by atoms with Crippen molar-refractivity contribution in [2.45, 2.75) is 131 Å². The van der Waals surface area contributed by atoms with Crippen molar-refractivity contribution in [2.24, 2.45) is 0 Å². The monoisotopic (exact) mass is 1500 g/mol. The van der Waals surface area contributed by atoms with Crippen molar-refractivity contribution in [3.8, 4) is 72.4 Å². The van der Waals surface area contributed by atoms with E-state index in [4.69, 9.17) is 6.85 Å². The van der Waals surface area contributed by atoms with Gasteiger partial charge >= 0.3 is 0 Å². The SMILES string of the molecule is [2H]c1c([2H])c([2H])c(N(c2ccc(-n3c4c([2H])c([2H])c([2H])c([2H])c4c4c([2H])c([2H])c([2H])c([2H])c43)cc2)c2ccc3c(c2)N(c2cc(-c4ccccc4)cc(-c4ccccc4)c2)c2cc(-c4cc(C(C)(C)C)cc(C(C)(C)C)c4)cc4c2B3c2ccc(-c3cc(C(C)(C)C)cc(C(C)(C)C)c3)cc2N4c2c(-c3ccccc3)cc(C(C)(C)C)cc2-c2ccccc2)c([2H])c1[2H]. The van der Waals surface area contributed by atoms with Crippen LogP contribution in [-0.4, -0.2) is 11.3 Å². The Morgan fingerprint density at radius 3 is 1.11 bits per heavy atom. The largest absolute Gasteiger partial charge is 0.311 e. The second-order valence-corrected chi connectivity index (χ2v) is 36.2. The van der Waals surface area contributed by atoms with Crippen LogP contribution in [0.4, 0.5) is 51.2 Å². The molecule has 0 saturated heterocycles. The van der Waals surface area contributed by atoms with Crippen LogP contribution >= 0.6 is 0 Å². The first kappa shape index (κ1) is 60.2. The predicted octanol–water partition coefficient (Wildman–Crippen LogP) is 28.8. The van der Waals surface area contributed by atoms with Gasteiger partial charge in [-0.05, 0) is 236 Å². The summed E-state index contributed by atoms with van der Waals surface area (Å²) in [6, 6.07) is 86.4. The number of para-hydroxylation sites is 3. The standard InChI is InChI=1S/C110H101BN4/c1-106(2,3)82-58-79(59-83(67-82)107(4,5)6)76-49-55-96-100(64-76)115(105-94(74-39-25-18-26-40-74)69-86(110(13,14)15)70-95(105)75-41-27-19-28-42-75)103-66-81(80-60-84(108(7,8)9)68-85(61-80)109(10,11)12)65-102-104(103)111(96)97-56-54-90(71-101(97)114(102)91-62-77(72-35-21-16-22-36-72)57-78(63-91)73-37-23-17-24-38-73)112(87-43-29-20-30-44-87)88-50-52-89(53-51-88)113-98-47-33-31-45-92(98)93-46-32-34-48-99(93)113/h16-71H,1-15H3/i20D,29D,30D,31D,32D,33D,34D,43D,44D,45D,46D,47D,48D. The number of fused-ring (bicyclic) bond motifs is 7. The van der Waals surface area contributed by atoms with Gasteiger partial charge < -0.3 is 19.3 Å². The highest BCUT2D eigenvalue weighted by Gasteiger charge is 2.46. The molecule has 2 aliphatic heterocycles. The molecule has 18 rings (SSSR count). The molecule has 15 aromatic carbocycles. The summed E-state index contributed by atoms with van der Waals surface area (Å²) in [5, 5.41) is -0.169. The Bertz CT molecular complexity index is 6950. The smallest absolute Gasteiger partial charge is 0.252 e. The van der Waals surface area contributed by atoms with Gasteiger partial charge in [0.2, 0.25) is 0 Å². The minimum absolute atomic E-state index is 0.0716. The van der Waals surface area contributed by atoms with Crippen LogP contribution in [0.3, 0.4) is 0 Å². The van der Waals surface area contributed by atoms with Gasteiger partial charge in [-0.1, -0.05) is 334 Å². The first-order valence-corrected chi connectivity index (χ1v) is 40.0. The zero-order valence-corrected chi connectivity index (χ0v) is 68.2. The van der Waals surface area contributed by atoms with Gasteiger partial charge in [0.05, 0.1) is 34.5 Å². The Morgan fingerprint density at radius 2 is 0.643 bits per heavy atom. The van der Waals surface area contributed by atoms with Gasteiger partial charge in [-0.25, -0.2) is 0 Å². The van der Waals surface area contributed by atoms with E-state index in [0.29, 0.717) is 17.1 Å². The average Bonchev–Trinajstić information content (AvgIpc) is 0.812. The molecule has 0 N–H and O–H groups in total. The fourth-order valence-electron chi connectivity index (χ4n) is 16.8. The quantitative estimate of drug-likeness (QED) is 0.113. The number of hydrogen-bond donors (Lipinski definition) is 0. The summed E-state index contributed by atoms with van der Waals surface area (Å²) < 4.78 is 123. The second kappa shape index (κ2) is 28.3. The van der Waals surface area contributed by atoms with Gasteiger partial charge in [0.1, 0.15) is 0 Å². The first-order valence-electron chi connectivity index (χ1n) is 46.5. The Morgan fingerprint density at radius 1 is 0.270 bits per heavy atom. The van der Waals surface area contributed by atoms with E-state index in [2.05, 4.69) is 332 Å². The molecular weight excluding hydrogens is 1390 g/mol. The molecule has 0 unspecified atom stereocenters. The number of hydrogen-bond acceptors (Lipinski definition) is 3. The molecule has 3 heterocycles. The molecule has 564 valence electrons. The molecule has 0 aliphatic carbocycles. The fourth-order valence-corrected chi connectivity index (χ4v) is 16.8. The molecule has 4 nitrogen and oxygen atoms in total. The predicted molar refractivity (Wildman–Crippen MR) is 496 cm³/mol. The Balaban J connectivity index is 1.01. The lowest BCUT2D eigenvalue weighted by Gasteiger charge is -2.46. The van der Waals surface area contributed by atoms with Crippen molar-refractivity contribution in [1.29, 1.82) is 0 Å². The Hall–Kier alpha value is -12.4. The van der Waals surface area contributed by atoms with Gasteiger partial charge in [0, 0.05) is 73.1 Å². The highest BCUT2D eigenvalue weighted by Crippen LogP contribution is 2.55. The van der Waals surface area contributed by atoms with Crippen molar-refractivity contribution in [2.75, 3.05) is 14.7 Å². The third-order valence-corrected chi connectivity index (χ3v) is 23.2. The molecule has 0 radical (unpaired) electrons. The average molecular weight is 1500 g/mol. The normalized spacial score (nSPS) is 14.5. The first-order chi connectivity index (χ1) is 60.6.